The van der Waals surface area contributed by atoms with Crippen molar-refractivity contribution in [3.8, 4) is 5.69 Å². The predicted octanol–water partition coefficient (Wildman–Crippen LogP) is 1.72. The van der Waals surface area contributed by atoms with Crippen molar-refractivity contribution in [3.63, 3.8) is 0 Å². The van der Waals surface area contributed by atoms with Crippen LogP contribution in [0.2, 0.25) is 0 Å². The van der Waals surface area contributed by atoms with Gasteiger partial charge in [-0.2, -0.15) is 5.10 Å². The van der Waals surface area contributed by atoms with E-state index in [1.54, 1.807) is 15.8 Å². The molecule has 1 fully saturated rings. The lowest BCUT2D eigenvalue weighted by molar-refractivity contribution is 0.0265. The number of carbonyl (C=O) groups is 1. The molecule has 0 radical (unpaired) electrons. The van der Waals surface area contributed by atoms with Crippen molar-refractivity contribution in [1.82, 2.24) is 14.7 Å². The average Bonchev–Trinajstić information content (AvgIpc) is 2.99. The van der Waals surface area contributed by atoms with Gasteiger partial charge in [0.25, 0.3) is 5.91 Å². The van der Waals surface area contributed by atoms with E-state index >= 15 is 0 Å². The first-order valence-electron chi connectivity index (χ1n) is 7.17. The third kappa shape index (κ3) is 2.97. The topological polar surface area (TPSA) is 58.4 Å². The lowest BCUT2D eigenvalue weighted by atomic mass is 9.82. The smallest absolute Gasteiger partial charge is 0.253 e. The molecule has 1 aromatic heterocycles. The number of rotatable bonds is 4. The highest BCUT2D eigenvalue weighted by Crippen LogP contribution is 2.27. The summed E-state index contributed by atoms with van der Waals surface area (Å²) < 4.78 is 1.76. The minimum Gasteiger partial charge on any atom is -0.393 e. The van der Waals surface area contributed by atoms with Gasteiger partial charge in [-0.1, -0.05) is 0 Å². The van der Waals surface area contributed by atoms with E-state index in [9.17, 15) is 9.90 Å². The average molecular weight is 285 g/mol. The fourth-order valence-corrected chi connectivity index (χ4v) is 2.72. The molecule has 110 valence electrons. The molecule has 1 aromatic carbocycles. The number of aliphatic hydroxyl groups is 1. The van der Waals surface area contributed by atoms with Gasteiger partial charge in [-0.05, 0) is 49.1 Å². The summed E-state index contributed by atoms with van der Waals surface area (Å²) in [6.07, 6.45) is 5.02. The van der Waals surface area contributed by atoms with E-state index < -0.39 is 0 Å². The van der Waals surface area contributed by atoms with Gasteiger partial charge in [-0.15, -0.1) is 0 Å². The molecule has 0 bridgehead atoms. The summed E-state index contributed by atoms with van der Waals surface area (Å²) >= 11 is 0. The molecule has 1 aliphatic rings. The zero-order chi connectivity index (χ0) is 14.8. The second kappa shape index (κ2) is 5.69. The van der Waals surface area contributed by atoms with Crippen LogP contribution in [-0.2, 0) is 0 Å². The second-order valence-electron chi connectivity index (χ2n) is 5.67. The Kier molecular flexibility index (Phi) is 3.75. The highest BCUT2D eigenvalue weighted by atomic mass is 16.3. The van der Waals surface area contributed by atoms with Gasteiger partial charge in [0.05, 0.1) is 11.8 Å². The van der Waals surface area contributed by atoms with Crippen LogP contribution in [0.25, 0.3) is 5.69 Å². The molecule has 1 saturated carbocycles. The Morgan fingerprint density at radius 3 is 2.67 bits per heavy atom. The molecular weight excluding hydrogens is 266 g/mol. The Balaban J connectivity index is 1.64. The molecule has 0 aliphatic heterocycles. The maximum absolute atomic E-state index is 12.3. The Hall–Kier alpha value is -2.14. The highest BCUT2D eigenvalue weighted by Gasteiger charge is 2.29. The summed E-state index contributed by atoms with van der Waals surface area (Å²) in [5.41, 5.74) is 1.61. The maximum Gasteiger partial charge on any atom is 0.253 e. The van der Waals surface area contributed by atoms with Crippen LogP contribution in [0.5, 0.6) is 0 Å². The summed E-state index contributed by atoms with van der Waals surface area (Å²) in [6.45, 7) is 0.705. The molecule has 5 nitrogen and oxygen atoms in total. The van der Waals surface area contributed by atoms with Crippen molar-refractivity contribution in [2.45, 2.75) is 18.9 Å². The van der Waals surface area contributed by atoms with E-state index in [0.717, 1.165) is 18.5 Å². The highest BCUT2D eigenvalue weighted by molar-refractivity contribution is 5.94. The number of hydrogen-bond acceptors (Lipinski definition) is 3. The maximum atomic E-state index is 12.3. The lowest BCUT2D eigenvalue weighted by Crippen LogP contribution is -2.39. The number of carbonyl (C=O) groups excluding carboxylic acids is 1. The summed E-state index contributed by atoms with van der Waals surface area (Å²) in [4.78, 5) is 14.1. The van der Waals surface area contributed by atoms with Crippen molar-refractivity contribution in [1.29, 1.82) is 0 Å². The van der Waals surface area contributed by atoms with Crippen LogP contribution in [0.15, 0.2) is 42.7 Å². The Labute approximate surface area is 123 Å². The SMILES string of the molecule is CN(CC1CC(O)C1)C(=O)c1ccc(-n2cccn2)cc1. The molecule has 21 heavy (non-hydrogen) atoms. The van der Waals surface area contributed by atoms with Crippen molar-refractivity contribution in [2.24, 2.45) is 5.92 Å². The van der Waals surface area contributed by atoms with Crippen molar-refractivity contribution in [3.05, 3.63) is 48.3 Å². The molecule has 1 aliphatic carbocycles. The zero-order valence-corrected chi connectivity index (χ0v) is 12.0. The van der Waals surface area contributed by atoms with Crippen LogP contribution in [0.3, 0.4) is 0 Å². The molecule has 1 heterocycles. The summed E-state index contributed by atoms with van der Waals surface area (Å²) in [5.74, 6) is 0.445. The van der Waals surface area contributed by atoms with Gasteiger partial charge in [0, 0.05) is 31.5 Å². The third-order valence-electron chi connectivity index (χ3n) is 3.97. The number of hydrogen-bond donors (Lipinski definition) is 1. The lowest BCUT2D eigenvalue weighted by Gasteiger charge is -2.34. The van der Waals surface area contributed by atoms with Gasteiger partial charge >= 0.3 is 0 Å². The Bertz CT molecular complexity index is 601. The number of amides is 1. The van der Waals surface area contributed by atoms with E-state index in [-0.39, 0.29) is 12.0 Å². The number of nitrogens with zero attached hydrogens (tertiary/aromatic N) is 3. The molecule has 0 saturated heterocycles. The third-order valence-corrected chi connectivity index (χ3v) is 3.97. The van der Waals surface area contributed by atoms with E-state index in [1.165, 1.54) is 0 Å². The van der Waals surface area contributed by atoms with Crippen LogP contribution in [0, 0.1) is 5.92 Å². The predicted molar refractivity (Wildman–Crippen MR) is 79.3 cm³/mol. The molecule has 0 atom stereocenters. The Morgan fingerprint density at radius 2 is 2.10 bits per heavy atom. The van der Waals surface area contributed by atoms with Crippen molar-refractivity contribution >= 4 is 5.91 Å². The van der Waals surface area contributed by atoms with E-state index in [1.807, 2.05) is 43.6 Å². The monoisotopic (exact) mass is 285 g/mol. The van der Waals surface area contributed by atoms with Crippen LogP contribution in [0.1, 0.15) is 23.2 Å². The van der Waals surface area contributed by atoms with Crippen LogP contribution < -0.4 is 0 Å². The van der Waals surface area contributed by atoms with Gasteiger partial charge < -0.3 is 10.0 Å². The molecule has 0 unspecified atom stereocenters. The fraction of sp³-hybridized carbons (Fsp3) is 0.375. The van der Waals surface area contributed by atoms with Crippen molar-refractivity contribution in [2.75, 3.05) is 13.6 Å². The van der Waals surface area contributed by atoms with Gasteiger partial charge in [0.2, 0.25) is 0 Å². The summed E-state index contributed by atoms with van der Waals surface area (Å²) in [6, 6.07) is 9.29. The van der Waals surface area contributed by atoms with E-state index in [0.29, 0.717) is 18.0 Å². The minimum absolute atomic E-state index is 0.0170. The van der Waals surface area contributed by atoms with Gasteiger partial charge in [-0.3, -0.25) is 4.79 Å². The standard InChI is InChI=1S/C16H19N3O2/c1-18(11-12-9-15(20)10-12)16(21)13-3-5-14(6-4-13)19-8-2-7-17-19/h2-8,12,15,20H,9-11H2,1H3. The number of aliphatic hydroxyl groups excluding tert-OH is 1. The largest absolute Gasteiger partial charge is 0.393 e. The van der Waals surface area contributed by atoms with Crippen LogP contribution >= 0.6 is 0 Å². The summed E-state index contributed by atoms with van der Waals surface area (Å²) in [5, 5.41) is 13.5. The molecule has 0 spiro atoms. The first-order valence-corrected chi connectivity index (χ1v) is 7.17. The summed E-state index contributed by atoms with van der Waals surface area (Å²) in [7, 11) is 1.81. The molecular formula is C16H19N3O2. The van der Waals surface area contributed by atoms with Gasteiger partial charge in [-0.25, -0.2) is 4.68 Å². The molecule has 5 heteroatoms. The minimum atomic E-state index is -0.174. The Morgan fingerprint density at radius 1 is 1.38 bits per heavy atom. The number of aromatic nitrogens is 2. The fourth-order valence-electron chi connectivity index (χ4n) is 2.72. The second-order valence-corrected chi connectivity index (χ2v) is 5.67. The van der Waals surface area contributed by atoms with E-state index in [4.69, 9.17) is 0 Å². The van der Waals surface area contributed by atoms with Gasteiger partial charge in [0.1, 0.15) is 0 Å². The first-order chi connectivity index (χ1) is 10.1. The molecule has 3 rings (SSSR count). The van der Waals surface area contributed by atoms with Gasteiger partial charge in [0.15, 0.2) is 0 Å². The normalized spacial score (nSPS) is 20.9. The number of benzene rings is 1. The molecule has 1 N–H and O–H groups in total. The van der Waals surface area contributed by atoms with Crippen LogP contribution in [0.4, 0.5) is 0 Å². The first kappa shape index (κ1) is 13.8. The quantitative estimate of drug-likeness (QED) is 0.930. The zero-order valence-electron chi connectivity index (χ0n) is 12.0. The molecule has 2 aromatic rings. The molecule has 1 amide bonds. The van der Waals surface area contributed by atoms with E-state index in [2.05, 4.69) is 5.10 Å². The van der Waals surface area contributed by atoms with Crippen LogP contribution in [-0.4, -0.2) is 45.4 Å². The van der Waals surface area contributed by atoms with Crippen molar-refractivity contribution < 1.29 is 9.90 Å².